The first-order chi connectivity index (χ1) is 9.61. The van der Waals surface area contributed by atoms with Crippen molar-refractivity contribution in [2.45, 2.75) is 0 Å². The minimum atomic E-state index is -0.505. The molecule has 106 valence electrons. The zero-order chi connectivity index (χ0) is 14.7. The van der Waals surface area contributed by atoms with Crippen LogP contribution >= 0.6 is 11.6 Å². The molecule has 2 rings (SSSR count). The Morgan fingerprint density at radius 3 is 2.50 bits per heavy atom. The van der Waals surface area contributed by atoms with Gasteiger partial charge in [0, 0.05) is 12.7 Å². The van der Waals surface area contributed by atoms with E-state index in [-0.39, 0.29) is 23.8 Å². The third-order valence-corrected chi connectivity index (χ3v) is 3.36. The molecule has 0 fully saturated rings. The molecule has 0 aliphatic carbocycles. The molecular formula is C14H14ClNO4. The molecule has 1 heterocycles. The van der Waals surface area contributed by atoms with Crippen molar-refractivity contribution in [2.24, 2.45) is 0 Å². The summed E-state index contributed by atoms with van der Waals surface area (Å²) in [7, 11) is 3.00. The maximum Gasteiger partial charge on any atom is 0.273 e. The molecule has 0 saturated heterocycles. The van der Waals surface area contributed by atoms with Crippen molar-refractivity contribution >= 4 is 29.0 Å². The van der Waals surface area contributed by atoms with Crippen LogP contribution in [-0.4, -0.2) is 44.1 Å². The lowest BCUT2D eigenvalue weighted by Gasteiger charge is -2.14. The van der Waals surface area contributed by atoms with Crippen LogP contribution in [0.25, 0.3) is 5.57 Å². The highest BCUT2D eigenvalue weighted by Crippen LogP contribution is 2.35. The molecule has 1 aromatic carbocycles. The van der Waals surface area contributed by atoms with E-state index in [1.807, 2.05) is 0 Å². The van der Waals surface area contributed by atoms with Gasteiger partial charge in [-0.2, -0.15) is 0 Å². The second kappa shape index (κ2) is 6.07. The van der Waals surface area contributed by atoms with E-state index in [0.29, 0.717) is 11.3 Å². The van der Waals surface area contributed by atoms with Crippen LogP contribution in [-0.2, 0) is 14.3 Å². The second-order valence-corrected chi connectivity index (χ2v) is 4.52. The quantitative estimate of drug-likeness (QED) is 0.775. The van der Waals surface area contributed by atoms with Gasteiger partial charge in [-0.25, -0.2) is 0 Å². The van der Waals surface area contributed by atoms with Gasteiger partial charge in [-0.15, -0.1) is 0 Å². The molecular weight excluding hydrogens is 282 g/mol. The van der Waals surface area contributed by atoms with Gasteiger partial charge in [-0.1, -0.05) is 29.8 Å². The molecule has 0 bridgehead atoms. The van der Waals surface area contributed by atoms with Gasteiger partial charge >= 0.3 is 0 Å². The van der Waals surface area contributed by atoms with E-state index in [9.17, 15) is 9.59 Å². The zero-order valence-corrected chi connectivity index (χ0v) is 11.9. The molecule has 0 unspecified atom stereocenters. The Morgan fingerprint density at radius 1 is 1.15 bits per heavy atom. The van der Waals surface area contributed by atoms with Gasteiger partial charge in [-0.05, 0) is 6.07 Å². The van der Waals surface area contributed by atoms with Crippen LogP contribution in [0.15, 0.2) is 29.3 Å². The number of ether oxygens (including phenoxy) is 2. The predicted octanol–water partition coefficient (Wildman–Crippen LogP) is 1.66. The van der Waals surface area contributed by atoms with Gasteiger partial charge in [-0.3, -0.25) is 14.5 Å². The largest absolute Gasteiger partial charge is 0.496 e. The molecule has 0 atom stereocenters. The summed E-state index contributed by atoms with van der Waals surface area (Å²) in [6, 6.07) is 6.94. The van der Waals surface area contributed by atoms with E-state index in [1.54, 1.807) is 24.3 Å². The number of hydrogen-bond acceptors (Lipinski definition) is 4. The molecule has 20 heavy (non-hydrogen) atoms. The summed E-state index contributed by atoms with van der Waals surface area (Å²) in [5.74, 6) is -0.438. The number of para-hydroxylation sites is 1. The lowest BCUT2D eigenvalue weighted by atomic mass is 10.1. The van der Waals surface area contributed by atoms with E-state index < -0.39 is 11.8 Å². The number of benzene rings is 1. The number of rotatable bonds is 5. The standard InChI is InChI=1S/C14H14ClNO4/c1-19-8-7-16-13(17)11(12(15)14(16)18)9-5-3-4-6-10(9)20-2/h3-6H,7-8H2,1-2H3. The lowest BCUT2D eigenvalue weighted by Crippen LogP contribution is -2.34. The summed E-state index contributed by atoms with van der Waals surface area (Å²) < 4.78 is 10.1. The Morgan fingerprint density at radius 2 is 1.85 bits per heavy atom. The molecule has 0 N–H and O–H groups in total. The van der Waals surface area contributed by atoms with Crippen molar-refractivity contribution in [3.8, 4) is 5.75 Å². The van der Waals surface area contributed by atoms with Gasteiger partial charge in [0.25, 0.3) is 11.8 Å². The summed E-state index contributed by atoms with van der Waals surface area (Å²) in [5, 5.41) is -0.0874. The number of halogens is 1. The minimum absolute atomic E-state index is 0.0874. The number of carbonyl (C=O) groups is 2. The molecule has 6 heteroatoms. The predicted molar refractivity (Wildman–Crippen MR) is 74.4 cm³/mol. The SMILES string of the molecule is COCCN1C(=O)C(Cl)=C(c2ccccc2OC)C1=O. The molecule has 1 aliphatic rings. The van der Waals surface area contributed by atoms with Gasteiger partial charge in [0.05, 0.1) is 25.8 Å². The van der Waals surface area contributed by atoms with Crippen LogP contribution in [0, 0.1) is 0 Å². The highest BCUT2D eigenvalue weighted by molar-refractivity contribution is 6.55. The Balaban J connectivity index is 2.41. The summed E-state index contributed by atoms with van der Waals surface area (Å²) in [6.07, 6.45) is 0. The smallest absolute Gasteiger partial charge is 0.273 e. The summed E-state index contributed by atoms with van der Waals surface area (Å²) in [4.78, 5) is 25.5. The van der Waals surface area contributed by atoms with Crippen molar-refractivity contribution in [3.63, 3.8) is 0 Å². The van der Waals surface area contributed by atoms with Crippen molar-refractivity contribution < 1.29 is 19.1 Å². The number of imide groups is 1. The maximum absolute atomic E-state index is 12.4. The van der Waals surface area contributed by atoms with E-state index in [2.05, 4.69) is 0 Å². The average molecular weight is 296 g/mol. The van der Waals surface area contributed by atoms with Crippen LogP contribution in [0.1, 0.15) is 5.56 Å². The molecule has 0 aromatic heterocycles. The van der Waals surface area contributed by atoms with Crippen LogP contribution in [0.3, 0.4) is 0 Å². The van der Waals surface area contributed by atoms with Crippen LogP contribution < -0.4 is 4.74 Å². The first kappa shape index (κ1) is 14.6. The summed E-state index contributed by atoms with van der Waals surface area (Å²) in [5.41, 5.74) is 0.684. The van der Waals surface area contributed by atoms with Crippen LogP contribution in [0.4, 0.5) is 0 Å². The molecule has 0 radical (unpaired) electrons. The highest BCUT2D eigenvalue weighted by atomic mass is 35.5. The van der Waals surface area contributed by atoms with Gasteiger partial charge < -0.3 is 9.47 Å². The monoisotopic (exact) mass is 295 g/mol. The molecule has 0 spiro atoms. The Bertz CT molecular complexity index is 582. The molecule has 0 saturated carbocycles. The first-order valence-corrected chi connectivity index (χ1v) is 6.38. The zero-order valence-electron chi connectivity index (χ0n) is 11.2. The van der Waals surface area contributed by atoms with E-state index in [1.165, 1.54) is 14.2 Å². The lowest BCUT2D eigenvalue weighted by molar-refractivity contribution is -0.137. The van der Waals surface area contributed by atoms with Gasteiger partial charge in [0.1, 0.15) is 10.8 Å². The second-order valence-electron chi connectivity index (χ2n) is 4.14. The fourth-order valence-electron chi connectivity index (χ4n) is 2.02. The topological polar surface area (TPSA) is 55.8 Å². The fourth-order valence-corrected chi connectivity index (χ4v) is 2.30. The molecule has 1 aromatic rings. The molecule has 1 aliphatic heterocycles. The molecule has 2 amide bonds. The Labute approximate surface area is 121 Å². The minimum Gasteiger partial charge on any atom is -0.496 e. The fraction of sp³-hybridized carbons (Fsp3) is 0.286. The van der Waals surface area contributed by atoms with Crippen LogP contribution in [0.5, 0.6) is 5.75 Å². The van der Waals surface area contributed by atoms with Crippen molar-refractivity contribution in [3.05, 3.63) is 34.9 Å². The van der Waals surface area contributed by atoms with Gasteiger partial charge in [0.15, 0.2) is 0 Å². The molecule has 5 nitrogen and oxygen atoms in total. The van der Waals surface area contributed by atoms with Gasteiger partial charge in [0.2, 0.25) is 0 Å². The Kier molecular flexibility index (Phi) is 4.42. The Hall–Kier alpha value is -1.85. The number of nitrogens with zero attached hydrogens (tertiary/aromatic N) is 1. The third kappa shape index (κ3) is 2.42. The first-order valence-electron chi connectivity index (χ1n) is 6.00. The van der Waals surface area contributed by atoms with Crippen molar-refractivity contribution in [2.75, 3.05) is 27.4 Å². The van der Waals surface area contributed by atoms with E-state index >= 15 is 0 Å². The average Bonchev–Trinajstić information content (AvgIpc) is 2.67. The number of methoxy groups -OCH3 is 2. The summed E-state index contributed by atoms with van der Waals surface area (Å²) >= 11 is 6.03. The summed E-state index contributed by atoms with van der Waals surface area (Å²) in [6.45, 7) is 0.434. The van der Waals surface area contributed by atoms with E-state index in [0.717, 1.165) is 4.90 Å². The number of amides is 2. The highest BCUT2D eigenvalue weighted by Gasteiger charge is 2.38. The number of carbonyl (C=O) groups excluding carboxylic acids is 2. The van der Waals surface area contributed by atoms with Crippen molar-refractivity contribution in [1.82, 2.24) is 4.90 Å². The normalized spacial score (nSPS) is 15.2. The number of hydrogen-bond donors (Lipinski definition) is 0. The third-order valence-electron chi connectivity index (χ3n) is 3.01. The van der Waals surface area contributed by atoms with Crippen LogP contribution in [0.2, 0.25) is 0 Å². The van der Waals surface area contributed by atoms with E-state index in [4.69, 9.17) is 21.1 Å². The van der Waals surface area contributed by atoms with Crippen molar-refractivity contribution in [1.29, 1.82) is 0 Å². The maximum atomic E-state index is 12.4.